The molecule has 1 atom stereocenters. The molecule has 5 nitrogen and oxygen atoms in total. The topological polar surface area (TPSA) is 66.5 Å². The third-order valence-electron chi connectivity index (χ3n) is 2.48. The minimum atomic E-state index is 0.258. The summed E-state index contributed by atoms with van der Waals surface area (Å²) >= 11 is 0. The van der Waals surface area contributed by atoms with Crippen LogP contribution in [0.4, 0.5) is 0 Å². The number of piperidine rings is 1. The van der Waals surface area contributed by atoms with Crippen LogP contribution in [0, 0.1) is 17.2 Å². The molecule has 74 valence electrons. The summed E-state index contributed by atoms with van der Waals surface area (Å²) in [6, 6.07) is 1.93. The van der Waals surface area contributed by atoms with E-state index in [1.165, 1.54) is 12.8 Å². The molecule has 1 aliphatic heterocycles. The maximum atomic E-state index is 8.56. The first kappa shape index (κ1) is 9.16. The number of aromatic nitrogens is 3. The summed E-state index contributed by atoms with van der Waals surface area (Å²) in [6.07, 6.45) is 4.09. The average Bonchev–Trinajstić information content (AvgIpc) is 2.67. The van der Waals surface area contributed by atoms with Gasteiger partial charge < -0.3 is 5.32 Å². The van der Waals surface area contributed by atoms with Crippen molar-refractivity contribution in [2.75, 3.05) is 13.1 Å². The molecule has 1 aromatic rings. The lowest BCUT2D eigenvalue weighted by Crippen LogP contribution is -2.32. The van der Waals surface area contributed by atoms with E-state index in [1.807, 2.05) is 6.07 Å². The summed E-state index contributed by atoms with van der Waals surface area (Å²) in [6.45, 7) is 3.03. The van der Waals surface area contributed by atoms with Crippen LogP contribution in [-0.4, -0.2) is 27.9 Å². The second-order valence-electron chi connectivity index (χ2n) is 3.61. The molecular formula is C9H13N5. The lowest BCUT2D eigenvalue weighted by Gasteiger charge is -2.22. The molecule has 0 amide bonds. The van der Waals surface area contributed by atoms with E-state index in [0.717, 1.165) is 19.6 Å². The third-order valence-corrected chi connectivity index (χ3v) is 2.48. The highest BCUT2D eigenvalue weighted by atomic mass is 15.3. The third kappa shape index (κ3) is 2.09. The summed E-state index contributed by atoms with van der Waals surface area (Å²) in [5.41, 5.74) is 0. The van der Waals surface area contributed by atoms with Crippen molar-refractivity contribution in [1.29, 1.82) is 5.26 Å². The summed E-state index contributed by atoms with van der Waals surface area (Å²) < 4.78 is 1.76. The number of nitriles is 1. The molecule has 1 unspecified atom stereocenters. The average molecular weight is 191 g/mol. The number of rotatable bonds is 2. The summed E-state index contributed by atoms with van der Waals surface area (Å²) in [7, 11) is 0. The first-order valence-corrected chi connectivity index (χ1v) is 4.89. The molecule has 1 saturated heterocycles. The minimum absolute atomic E-state index is 0.258. The predicted molar refractivity (Wildman–Crippen MR) is 50.3 cm³/mol. The first-order valence-electron chi connectivity index (χ1n) is 4.89. The molecule has 1 N–H and O–H groups in total. The van der Waals surface area contributed by atoms with Crippen LogP contribution in [0.5, 0.6) is 0 Å². The van der Waals surface area contributed by atoms with Crippen LogP contribution in [0.1, 0.15) is 18.7 Å². The van der Waals surface area contributed by atoms with E-state index < -0.39 is 0 Å². The SMILES string of the molecule is N#Cc1ncn(CC2CCCNC2)n1. The van der Waals surface area contributed by atoms with Gasteiger partial charge in [-0.15, -0.1) is 5.10 Å². The standard InChI is InChI=1S/C9H13N5/c10-4-9-12-7-14(13-9)6-8-2-1-3-11-5-8/h7-8,11H,1-3,5-6H2. The van der Waals surface area contributed by atoms with Crippen LogP contribution in [0.15, 0.2) is 6.33 Å². The second kappa shape index (κ2) is 4.20. The fraction of sp³-hybridized carbons (Fsp3) is 0.667. The summed E-state index contributed by atoms with van der Waals surface area (Å²) in [5.74, 6) is 0.880. The zero-order valence-corrected chi connectivity index (χ0v) is 7.98. The second-order valence-corrected chi connectivity index (χ2v) is 3.61. The molecule has 0 bridgehead atoms. The lowest BCUT2D eigenvalue weighted by atomic mass is 10.00. The van der Waals surface area contributed by atoms with Gasteiger partial charge in [-0.2, -0.15) is 5.26 Å². The van der Waals surface area contributed by atoms with E-state index in [4.69, 9.17) is 5.26 Å². The smallest absolute Gasteiger partial charge is 0.252 e. The van der Waals surface area contributed by atoms with Gasteiger partial charge in [-0.05, 0) is 31.8 Å². The van der Waals surface area contributed by atoms with Gasteiger partial charge in [0.2, 0.25) is 0 Å². The Labute approximate surface area is 82.7 Å². The zero-order valence-electron chi connectivity index (χ0n) is 7.98. The van der Waals surface area contributed by atoms with Crippen LogP contribution >= 0.6 is 0 Å². The van der Waals surface area contributed by atoms with Gasteiger partial charge in [-0.25, -0.2) is 4.98 Å². The maximum Gasteiger partial charge on any atom is 0.252 e. The quantitative estimate of drug-likeness (QED) is 0.722. The van der Waals surface area contributed by atoms with Crippen LogP contribution in [0.2, 0.25) is 0 Å². The van der Waals surface area contributed by atoms with Gasteiger partial charge in [-0.1, -0.05) is 0 Å². The molecule has 1 fully saturated rings. The molecule has 2 heterocycles. The van der Waals surface area contributed by atoms with Crippen molar-refractivity contribution in [2.45, 2.75) is 19.4 Å². The Morgan fingerprint density at radius 2 is 2.64 bits per heavy atom. The zero-order chi connectivity index (χ0) is 9.80. The number of nitrogens with one attached hydrogen (secondary N) is 1. The molecule has 2 rings (SSSR count). The van der Waals surface area contributed by atoms with Crippen LogP contribution in [-0.2, 0) is 6.54 Å². The summed E-state index contributed by atoms with van der Waals surface area (Å²) in [4.78, 5) is 3.87. The van der Waals surface area contributed by atoms with Crippen LogP contribution in [0.25, 0.3) is 0 Å². The van der Waals surface area contributed by atoms with E-state index in [2.05, 4.69) is 15.4 Å². The highest BCUT2D eigenvalue weighted by molar-refractivity contribution is 5.05. The van der Waals surface area contributed by atoms with Crippen molar-refractivity contribution in [1.82, 2.24) is 20.1 Å². The molecule has 0 spiro atoms. The Morgan fingerprint density at radius 3 is 3.29 bits per heavy atom. The predicted octanol–water partition coefficient (Wildman–Crippen LogP) is 0.149. The molecule has 5 heteroatoms. The molecule has 0 aromatic carbocycles. The molecule has 0 radical (unpaired) electrons. The number of hydrogen-bond acceptors (Lipinski definition) is 4. The van der Waals surface area contributed by atoms with E-state index in [-0.39, 0.29) is 5.82 Å². The Hall–Kier alpha value is -1.41. The number of nitrogens with zero attached hydrogens (tertiary/aromatic N) is 4. The van der Waals surface area contributed by atoms with Crippen molar-refractivity contribution < 1.29 is 0 Å². The highest BCUT2D eigenvalue weighted by Crippen LogP contribution is 2.11. The van der Waals surface area contributed by atoms with E-state index >= 15 is 0 Å². The highest BCUT2D eigenvalue weighted by Gasteiger charge is 2.13. The lowest BCUT2D eigenvalue weighted by molar-refractivity contribution is 0.325. The van der Waals surface area contributed by atoms with Gasteiger partial charge in [0.1, 0.15) is 12.4 Å². The molecule has 1 aromatic heterocycles. The normalized spacial score (nSPS) is 21.8. The fourth-order valence-electron chi connectivity index (χ4n) is 1.78. The fourth-order valence-corrected chi connectivity index (χ4v) is 1.78. The Kier molecular flexibility index (Phi) is 2.75. The summed E-state index contributed by atoms with van der Waals surface area (Å²) in [5, 5.41) is 15.9. The van der Waals surface area contributed by atoms with Crippen LogP contribution < -0.4 is 5.32 Å². The minimum Gasteiger partial charge on any atom is -0.316 e. The Bertz CT molecular complexity index is 331. The van der Waals surface area contributed by atoms with Gasteiger partial charge >= 0.3 is 0 Å². The van der Waals surface area contributed by atoms with Gasteiger partial charge in [0, 0.05) is 6.54 Å². The first-order chi connectivity index (χ1) is 6.88. The molecule has 0 saturated carbocycles. The van der Waals surface area contributed by atoms with Gasteiger partial charge in [0.25, 0.3) is 5.82 Å². The van der Waals surface area contributed by atoms with Crippen LogP contribution in [0.3, 0.4) is 0 Å². The van der Waals surface area contributed by atoms with E-state index in [0.29, 0.717) is 5.92 Å². The molecule has 0 aliphatic carbocycles. The van der Waals surface area contributed by atoms with Crippen molar-refractivity contribution in [3.63, 3.8) is 0 Å². The van der Waals surface area contributed by atoms with Crippen molar-refractivity contribution in [2.24, 2.45) is 5.92 Å². The molecule has 1 aliphatic rings. The Balaban J connectivity index is 1.93. The van der Waals surface area contributed by atoms with Gasteiger partial charge in [-0.3, -0.25) is 4.68 Å². The molecular weight excluding hydrogens is 178 g/mol. The van der Waals surface area contributed by atoms with Crippen molar-refractivity contribution in [3.8, 4) is 6.07 Å². The van der Waals surface area contributed by atoms with Crippen molar-refractivity contribution >= 4 is 0 Å². The Morgan fingerprint density at radius 1 is 1.71 bits per heavy atom. The van der Waals surface area contributed by atoms with Crippen molar-refractivity contribution in [3.05, 3.63) is 12.2 Å². The van der Waals surface area contributed by atoms with E-state index in [1.54, 1.807) is 11.0 Å². The monoisotopic (exact) mass is 191 g/mol. The number of hydrogen-bond donors (Lipinski definition) is 1. The maximum absolute atomic E-state index is 8.56. The van der Waals surface area contributed by atoms with Gasteiger partial charge in [0.15, 0.2) is 0 Å². The largest absolute Gasteiger partial charge is 0.316 e. The van der Waals surface area contributed by atoms with E-state index in [9.17, 15) is 0 Å². The molecule has 14 heavy (non-hydrogen) atoms. The van der Waals surface area contributed by atoms with Gasteiger partial charge in [0.05, 0.1) is 0 Å².